The van der Waals surface area contributed by atoms with Crippen LogP contribution in [0.5, 0.6) is 11.5 Å². The second kappa shape index (κ2) is 11.6. The van der Waals surface area contributed by atoms with Crippen molar-refractivity contribution >= 4 is 23.8 Å². The Hall–Kier alpha value is -5.20. The predicted octanol–water partition coefficient (Wildman–Crippen LogP) is 4.86. The van der Waals surface area contributed by atoms with Crippen LogP contribution in [0.4, 0.5) is 14.5 Å². The topological polar surface area (TPSA) is 118 Å². The van der Waals surface area contributed by atoms with Crippen LogP contribution < -0.4 is 14.8 Å². The highest BCUT2D eigenvalue weighted by molar-refractivity contribution is 6.05. The van der Waals surface area contributed by atoms with Crippen molar-refractivity contribution in [1.82, 2.24) is 9.78 Å². The van der Waals surface area contributed by atoms with Gasteiger partial charge in [0, 0.05) is 18.2 Å². The molecule has 2 aromatic carbocycles. The molecule has 1 atom stereocenters. The minimum atomic E-state index is -0.743. The maximum atomic E-state index is 15.3. The van der Waals surface area contributed by atoms with Crippen LogP contribution in [0.1, 0.15) is 29.4 Å². The number of rotatable bonds is 7. The van der Waals surface area contributed by atoms with Gasteiger partial charge < -0.3 is 29.0 Å². The van der Waals surface area contributed by atoms with Crippen molar-refractivity contribution in [2.45, 2.75) is 26.3 Å². The fourth-order valence-electron chi connectivity index (χ4n) is 4.94. The summed E-state index contributed by atoms with van der Waals surface area (Å²) in [5.41, 5.74) is 1.87. The Kier molecular flexibility index (Phi) is 7.53. The first-order valence-electron chi connectivity index (χ1n) is 13.5. The van der Waals surface area contributed by atoms with E-state index >= 15 is 4.39 Å². The highest BCUT2D eigenvalue weighted by atomic mass is 19.1. The second-order valence-corrected chi connectivity index (χ2v) is 9.67. The Morgan fingerprint density at radius 1 is 1.12 bits per heavy atom. The number of methoxy groups -OCH3 is 1. The Bertz CT molecular complexity index is 1730. The zero-order valence-electron chi connectivity index (χ0n) is 23.5. The van der Waals surface area contributed by atoms with E-state index in [1.165, 1.54) is 41.5 Å². The van der Waals surface area contributed by atoms with Gasteiger partial charge in [0.1, 0.15) is 31.1 Å². The number of amides is 1. The summed E-state index contributed by atoms with van der Waals surface area (Å²) in [6, 6.07) is 7.81. The van der Waals surface area contributed by atoms with Crippen LogP contribution in [-0.4, -0.2) is 60.9 Å². The van der Waals surface area contributed by atoms with Gasteiger partial charge in [0.15, 0.2) is 34.5 Å². The third-order valence-electron chi connectivity index (χ3n) is 6.89. The Labute approximate surface area is 245 Å². The van der Waals surface area contributed by atoms with E-state index in [9.17, 15) is 9.18 Å². The molecule has 1 aromatic heterocycles. The number of halogens is 2. The molecule has 43 heavy (non-hydrogen) atoms. The van der Waals surface area contributed by atoms with Crippen molar-refractivity contribution in [2.75, 3.05) is 32.2 Å². The molecule has 13 heteroatoms. The zero-order valence-corrected chi connectivity index (χ0v) is 23.5. The van der Waals surface area contributed by atoms with E-state index in [-0.39, 0.29) is 41.2 Å². The number of anilines is 1. The number of fused-ring (bicyclic) bond motifs is 2. The van der Waals surface area contributed by atoms with Gasteiger partial charge in [-0.1, -0.05) is 0 Å². The molecule has 222 valence electrons. The molecule has 2 aliphatic heterocycles. The largest absolute Gasteiger partial charge is 0.497 e. The highest BCUT2D eigenvalue weighted by Gasteiger charge is 2.39. The van der Waals surface area contributed by atoms with Crippen LogP contribution >= 0.6 is 0 Å². The first-order valence-corrected chi connectivity index (χ1v) is 13.5. The summed E-state index contributed by atoms with van der Waals surface area (Å²) in [6.07, 6.45) is 3.29. The number of ether oxygens (including phenoxy) is 5. The minimum absolute atomic E-state index is 0.0205. The molecule has 1 amide bonds. The number of nitrogens with one attached hydrogen (secondary N) is 1. The van der Waals surface area contributed by atoms with E-state index in [0.717, 1.165) is 6.07 Å². The van der Waals surface area contributed by atoms with Crippen LogP contribution in [0.3, 0.4) is 0 Å². The van der Waals surface area contributed by atoms with Gasteiger partial charge in [-0.25, -0.2) is 18.5 Å². The smallest absolute Gasteiger partial charge is 0.280 e. The fraction of sp³-hybridized carbons (Fsp3) is 0.267. The van der Waals surface area contributed by atoms with Crippen molar-refractivity contribution in [2.24, 2.45) is 9.98 Å². The number of carbonyl (C=O) groups is 1. The number of nitrogens with zero attached hydrogens (tertiary/aromatic N) is 4. The van der Waals surface area contributed by atoms with Gasteiger partial charge in [0.25, 0.3) is 5.91 Å². The average molecular weight is 592 g/mol. The van der Waals surface area contributed by atoms with E-state index in [0.29, 0.717) is 53.7 Å². The highest BCUT2D eigenvalue weighted by Crippen LogP contribution is 2.38. The van der Waals surface area contributed by atoms with Crippen LogP contribution in [-0.2, 0) is 14.2 Å². The lowest BCUT2D eigenvalue weighted by atomic mass is 9.94. The summed E-state index contributed by atoms with van der Waals surface area (Å²) < 4.78 is 59.0. The maximum absolute atomic E-state index is 15.3. The SMILES string of the molecule is CCOc1cn(-c2ccc(F)cc2C)nc1C(=O)Nc1ccc(OC2=NC=NC3CC(OC)=C4OCCOC4=C23)c(F)c1. The first-order chi connectivity index (χ1) is 20.9. The van der Waals surface area contributed by atoms with Gasteiger partial charge in [-0.15, -0.1) is 0 Å². The van der Waals surface area contributed by atoms with Crippen LogP contribution in [0.2, 0.25) is 0 Å². The lowest BCUT2D eigenvalue weighted by molar-refractivity contribution is 0.0421. The van der Waals surface area contributed by atoms with E-state index in [1.54, 1.807) is 27.0 Å². The van der Waals surface area contributed by atoms with Gasteiger partial charge in [-0.3, -0.25) is 9.79 Å². The minimum Gasteiger partial charge on any atom is -0.497 e. The number of aromatic nitrogens is 2. The molecular weight excluding hydrogens is 564 g/mol. The summed E-state index contributed by atoms with van der Waals surface area (Å²) in [4.78, 5) is 21.8. The second-order valence-electron chi connectivity index (χ2n) is 9.67. The Morgan fingerprint density at radius 3 is 2.67 bits per heavy atom. The van der Waals surface area contributed by atoms with E-state index in [1.807, 2.05) is 0 Å². The summed E-state index contributed by atoms with van der Waals surface area (Å²) in [5, 5.41) is 7.00. The lowest BCUT2D eigenvalue weighted by Crippen LogP contribution is -2.34. The fourth-order valence-corrected chi connectivity index (χ4v) is 4.94. The molecule has 0 spiro atoms. The molecule has 0 bridgehead atoms. The molecule has 6 rings (SSSR count). The van der Waals surface area contributed by atoms with E-state index in [4.69, 9.17) is 23.7 Å². The molecule has 3 aromatic rings. The summed E-state index contributed by atoms with van der Waals surface area (Å²) in [6.45, 7) is 4.46. The van der Waals surface area contributed by atoms with Gasteiger partial charge in [-0.2, -0.15) is 5.10 Å². The van der Waals surface area contributed by atoms with Gasteiger partial charge in [0.05, 0.1) is 37.2 Å². The molecule has 1 fully saturated rings. The van der Waals surface area contributed by atoms with E-state index < -0.39 is 17.8 Å². The maximum Gasteiger partial charge on any atom is 0.280 e. The molecule has 1 N–H and O–H groups in total. The molecular formula is C30H27F2N5O6. The predicted molar refractivity (Wildman–Crippen MR) is 152 cm³/mol. The molecule has 3 aliphatic rings. The molecule has 1 unspecified atom stereocenters. The summed E-state index contributed by atoms with van der Waals surface area (Å²) >= 11 is 0. The van der Waals surface area contributed by atoms with Gasteiger partial charge >= 0.3 is 0 Å². The summed E-state index contributed by atoms with van der Waals surface area (Å²) in [5.74, 6) is -0.0830. The number of hydrogen-bond acceptors (Lipinski definition) is 9. The van der Waals surface area contributed by atoms with Crippen LogP contribution in [0, 0.1) is 18.6 Å². The standard InChI is InChI=1S/C30H27F2N5O6/c1-4-40-24-14-37(21-7-5-17(31)11-16(21)2)36-26(24)29(38)35-18-6-8-22(19(32)12-18)43-30-25-20(33-15-34-30)13-23(39-3)27-28(25)42-10-9-41-27/h5-8,11-12,14-15,20H,4,9-10,13H2,1-3H3,(H,35,38). The third-order valence-corrected chi connectivity index (χ3v) is 6.89. The van der Waals surface area contributed by atoms with Gasteiger partial charge in [-0.05, 0) is 49.7 Å². The normalized spacial score (nSPS) is 17.3. The number of hydrogen-bond donors (Lipinski definition) is 1. The number of benzene rings is 2. The summed E-state index contributed by atoms with van der Waals surface area (Å²) in [7, 11) is 1.55. The van der Waals surface area contributed by atoms with Crippen molar-refractivity contribution in [1.29, 1.82) is 0 Å². The molecule has 1 aliphatic carbocycles. The third kappa shape index (κ3) is 5.41. The zero-order chi connectivity index (χ0) is 30.1. The Balaban J connectivity index is 1.23. The Morgan fingerprint density at radius 2 is 1.93 bits per heavy atom. The van der Waals surface area contributed by atoms with E-state index in [2.05, 4.69) is 20.4 Å². The van der Waals surface area contributed by atoms with Crippen molar-refractivity contribution in [3.8, 4) is 17.2 Å². The molecule has 11 nitrogen and oxygen atoms in total. The lowest BCUT2D eigenvalue weighted by Gasteiger charge is -2.32. The average Bonchev–Trinajstić information content (AvgIpc) is 3.42. The van der Waals surface area contributed by atoms with Crippen molar-refractivity contribution in [3.63, 3.8) is 0 Å². The number of aliphatic imine (C=N–C) groups is 2. The molecule has 0 saturated carbocycles. The molecule has 3 heterocycles. The van der Waals surface area contributed by atoms with Crippen LogP contribution in [0.15, 0.2) is 75.4 Å². The van der Waals surface area contributed by atoms with Crippen molar-refractivity contribution in [3.05, 3.63) is 88.3 Å². The van der Waals surface area contributed by atoms with Crippen molar-refractivity contribution < 1.29 is 37.3 Å². The number of carbonyl (C=O) groups excluding carboxylic acids is 1. The molecule has 0 radical (unpaired) electrons. The first kappa shape index (κ1) is 27.9. The van der Waals surface area contributed by atoms with Crippen LogP contribution in [0.25, 0.3) is 5.69 Å². The monoisotopic (exact) mass is 591 g/mol. The van der Waals surface area contributed by atoms with Gasteiger partial charge in [0.2, 0.25) is 5.90 Å². The quantitative estimate of drug-likeness (QED) is 0.417. The molecule has 1 saturated heterocycles. The number of aryl methyl sites for hydroxylation is 1.